The van der Waals surface area contributed by atoms with E-state index in [0.717, 1.165) is 24.2 Å². The Labute approximate surface area is 119 Å². The SMILES string of the molecule is O=C(c1ccc([N+](=O)[O-])s1)N1CCC(OCCO)CC1. The van der Waals surface area contributed by atoms with Crippen LogP contribution in [0.2, 0.25) is 0 Å². The molecule has 20 heavy (non-hydrogen) atoms. The van der Waals surface area contributed by atoms with Crippen molar-refractivity contribution in [1.82, 2.24) is 4.90 Å². The van der Waals surface area contributed by atoms with Crippen LogP contribution in [0.4, 0.5) is 5.00 Å². The zero-order valence-electron chi connectivity index (χ0n) is 10.9. The Kier molecular flexibility index (Phi) is 5.05. The Bertz CT molecular complexity index is 482. The van der Waals surface area contributed by atoms with Crippen molar-refractivity contribution in [3.63, 3.8) is 0 Å². The molecule has 1 amide bonds. The fourth-order valence-electron chi connectivity index (χ4n) is 2.14. The molecule has 0 radical (unpaired) electrons. The van der Waals surface area contributed by atoms with Crippen LogP contribution in [-0.2, 0) is 4.74 Å². The smallest absolute Gasteiger partial charge is 0.324 e. The van der Waals surface area contributed by atoms with Crippen molar-refractivity contribution >= 4 is 22.2 Å². The highest BCUT2D eigenvalue weighted by Gasteiger charge is 2.26. The molecule has 7 nitrogen and oxygen atoms in total. The normalized spacial score (nSPS) is 16.4. The quantitative estimate of drug-likeness (QED) is 0.653. The number of likely N-dealkylation sites (tertiary alicyclic amines) is 1. The summed E-state index contributed by atoms with van der Waals surface area (Å²) in [6.45, 7) is 1.45. The first-order valence-corrected chi connectivity index (χ1v) is 7.19. The molecule has 1 aliphatic heterocycles. The number of hydrogen-bond donors (Lipinski definition) is 1. The molecular weight excluding hydrogens is 284 g/mol. The van der Waals surface area contributed by atoms with Gasteiger partial charge < -0.3 is 14.7 Å². The minimum Gasteiger partial charge on any atom is -0.394 e. The molecule has 0 aliphatic carbocycles. The van der Waals surface area contributed by atoms with Gasteiger partial charge in [0.05, 0.1) is 29.1 Å². The van der Waals surface area contributed by atoms with Gasteiger partial charge in [-0.15, -0.1) is 0 Å². The molecule has 1 aromatic heterocycles. The highest BCUT2D eigenvalue weighted by Crippen LogP contribution is 2.26. The lowest BCUT2D eigenvalue weighted by molar-refractivity contribution is -0.380. The molecular formula is C12H16N2O5S. The zero-order chi connectivity index (χ0) is 14.5. The van der Waals surface area contributed by atoms with Crippen molar-refractivity contribution in [2.75, 3.05) is 26.3 Å². The van der Waals surface area contributed by atoms with Gasteiger partial charge in [0.15, 0.2) is 0 Å². The second-order valence-corrected chi connectivity index (χ2v) is 5.54. The van der Waals surface area contributed by atoms with Gasteiger partial charge in [0.25, 0.3) is 5.91 Å². The molecule has 8 heteroatoms. The van der Waals surface area contributed by atoms with Crippen LogP contribution >= 0.6 is 11.3 Å². The van der Waals surface area contributed by atoms with Crippen LogP contribution in [0.5, 0.6) is 0 Å². The van der Waals surface area contributed by atoms with Crippen LogP contribution in [0.15, 0.2) is 12.1 Å². The predicted octanol–water partition coefficient (Wildman–Crippen LogP) is 1.27. The van der Waals surface area contributed by atoms with Crippen LogP contribution in [0, 0.1) is 10.1 Å². The fourth-order valence-corrected chi connectivity index (χ4v) is 2.93. The maximum absolute atomic E-state index is 12.2. The van der Waals surface area contributed by atoms with E-state index in [2.05, 4.69) is 0 Å². The summed E-state index contributed by atoms with van der Waals surface area (Å²) in [5.41, 5.74) is 0. The molecule has 0 bridgehead atoms. The van der Waals surface area contributed by atoms with Crippen LogP contribution in [0.1, 0.15) is 22.5 Å². The minimum absolute atomic E-state index is 0.00198. The summed E-state index contributed by atoms with van der Waals surface area (Å²) in [5, 5.41) is 19.3. The van der Waals surface area contributed by atoms with E-state index < -0.39 is 4.92 Å². The number of aliphatic hydroxyl groups is 1. The Morgan fingerprint density at radius 2 is 2.20 bits per heavy atom. The summed E-state index contributed by atoms with van der Waals surface area (Å²) in [7, 11) is 0. The van der Waals surface area contributed by atoms with Gasteiger partial charge in [-0.25, -0.2) is 0 Å². The van der Waals surface area contributed by atoms with E-state index in [0.29, 0.717) is 24.6 Å². The summed E-state index contributed by atoms with van der Waals surface area (Å²) >= 11 is 0.903. The summed E-state index contributed by atoms with van der Waals surface area (Å²) in [6.07, 6.45) is 1.52. The number of ether oxygens (including phenoxy) is 1. The lowest BCUT2D eigenvalue weighted by Gasteiger charge is -2.31. The number of nitro groups is 1. The van der Waals surface area contributed by atoms with Gasteiger partial charge in [-0.1, -0.05) is 11.3 Å². The largest absolute Gasteiger partial charge is 0.394 e. The molecule has 110 valence electrons. The molecule has 1 saturated heterocycles. The standard InChI is InChI=1S/C12H16N2O5S/c15-7-8-19-9-3-5-13(6-4-9)12(16)10-1-2-11(20-10)14(17)18/h1-2,9,15H,3-8H2. The van der Waals surface area contributed by atoms with Crippen LogP contribution in [0.25, 0.3) is 0 Å². The van der Waals surface area contributed by atoms with Crippen molar-refractivity contribution in [2.24, 2.45) is 0 Å². The van der Waals surface area contributed by atoms with Crippen LogP contribution in [0.3, 0.4) is 0 Å². The van der Waals surface area contributed by atoms with Gasteiger partial charge in [0.2, 0.25) is 0 Å². The number of thiophene rings is 1. The number of rotatable bonds is 5. The van der Waals surface area contributed by atoms with Gasteiger partial charge in [-0.2, -0.15) is 0 Å². The van der Waals surface area contributed by atoms with E-state index >= 15 is 0 Å². The average Bonchev–Trinajstić information content (AvgIpc) is 2.95. The molecule has 2 rings (SSSR count). The number of aliphatic hydroxyl groups excluding tert-OH is 1. The van der Waals surface area contributed by atoms with Crippen molar-refractivity contribution < 1.29 is 19.6 Å². The van der Waals surface area contributed by atoms with E-state index in [1.54, 1.807) is 4.90 Å². The highest BCUT2D eigenvalue weighted by atomic mass is 32.1. The third-order valence-corrected chi connectivity index (χ3v) is 4.18. The van der Waals surface area contributed by atoms with Crippen LogP contribution in [-0.4, -0.2) is 53.2 Å². The number of amides is 1. The molecule has 0 saturated carbocycles. The number of carbonyl (C=O) groups excluding carboxylic acids is 1. The third-order valence-electron chi connectivity index (χ3n) is 3.16. The second kappa shape index (κ2) is 6.78. The monoisotopic (exact) mass is 300 g/mol. The first-order valence-electron chi connectivity index (χ1n) is 6.37. The molecule has 1 N–H and O–H groups in total. The topological polar surface area (TPSA) is 92.9 Å². The molecule has 0 atom stereocenters. The van der Waals surface area contributed by atoms with Gasteiger partial charge >= 0.3 is 5.00 Å². The summed E-state index contributed by atoms with van der Waals surface area (Å²) < 4.78 is 5.43. The molecule has 0 spiro atoms. The van der Waals surface area contributed by atoms with E-state index in [1.165, 1.54) is 12.1 Å². The molecule has 1 fully saturated rings. The van der Waals surface area contributed by atoms with Crippen molar-refractivity contribution in [3.8, 4) is 0 Å². The summed E-state index contributed by atoms with van der Waals surface area (Å²) in [4.78, 5) is 24.4. The predicted molar refractivity (Wildman–Crippen MR) is 72.9 cm³/mol. The number of piperidine rings is 1. The Morgan fingerprint density at radius 3 is 2.75 bits per heavy atom. The van der Waals surface area contributed by atoms with Gasteiger partial charge in [0.1, 0.15) is 0 Å². The molecule has 1 aromatic rings. The van der Waals surface area contributed by atoms with Gasteiger partial charge in [-0.05, 0) is 18.9 Å². The number of carbonyl (C=O) groups is 1. The van der Waals surface area contributed by atoms with Crippen molar-refractivity contribution in [3.05, 3.63) is 27.1 Å². The van der Waals surface area contributed by atoms with Crippen LogP contribution < -0.4 is 0 Å². The van der Waals surface area contributed by atoms with E-state index in [-0.39, 0.29) is 23.6 Å². The Hall–Kier alpha value is -1.51. The lowest BCUT2D eigenvalue weighted by Crippen LogP contribution is -2.40. The Balaban J connectivity index is 1.89. The first kappa shape index (κ1) is 14.9. The molecule has 0 aromatic carbocycles. The zero-order valence-corrected chi connectivity index (χ0v) is 11.7. The average molecular weight is 300 g/mol. The van der Waals surface area contributed by atoms with E-state index in [4.69, 9.17) is 9.84 Å². The first-order chi connectivity index (χ1) is 9.61. The highest BCUT2D eigenvalue weighted by molar-refractivity contribution is 7.17. The third kappa shape index (κ3) is 3.53. The molecule has 0 unspecified atom stereocenters. The second-order valence-electron chi connectivity index (χ2n) is 4.48. The van der Waals surface area contributed by atoms with Crippen molar-refractivity contribution in [1.29, 1.82) is 0 Å². The maximum Gasteiger partial charge on any atom is 0.324 e. The Morgan fingerprint density at radius 1 is 1.50 bits per heavy atom. The number of nitrogens with zero attached hydrogens (tertiary/aromatic N) is 2. The van der Waals surface area contributed by atoms with E-state index in [1.807, 2.05) is 0 Å². The maximum atomic E-state index is 12.2. The fraction of sp³-hybridized carbons (Fsp3) is 0.583. The van der Waals surface area contributed by atoms with Crippen molar-refractivity contribution in [2.45, 2.75) is 18.9 Å². The van der Waals surface area contributed by atoms with Gasteiger partial charge in [-0.3, -0.25) is 14.9 Å². The summed E-state index contributed by atoms with van der Waals surface area (Å²) in [5.74, 6) is -0.163. The lowest BCUT2D eigenvalue weighted by atomic mass is 10.1. The number of hydrogen-bond acceptors (Lipinski definition) is 6. The summed E-state index contributed by atoms with van der Waals surface area (Å²) in [6, 6.07) is 2.86. The molecule has 2 heterocycles. The van der Waals surface area contributed by atoms with Gasteiger partial charge in [0, 0.05) is 19.2 Å². The minimum atomic E-state index is -0.490. The molecule has 1 aliphatic rings. The van der Waals surface area contributed by atoms with E-state index in [9.17, 15) is 14.9 Å².